The molecule has 0 N–H and O–H groups in total. The molecule has 0 spiro atoms. The van der Waals surface area contributed by atoms with Crippen LogP contribution in [0, 0.1) is 0 Å². The minimum Gasteiger partial charge on any atom is -0.170 e. The van der Waals surface area contributed by atoms with Crippen LogP contribution in [0.4, 0.5) is 0 Å². The summed E-state index contributed by atoms with van der Waals surface area (Å²) in [7, 11) is 0. The molecule has 0 aromatic rings. The standard InChI is InChI=1S/C9H14S3/c1-5-4-6(2)8(11)9(3,12)7(5)10/h4,7,10-12H,1-3H3. The normalized spacial score (nSPS) is 36.8. The summed E-state index contributed by atoms with van der Waals surface area (Å²) in [4.78, 5) is 1.02. The number of hydrogen-bond donors (Lipinski definition) is 3. The lowest BCUT2D eigenvalue weighted by atomic mass is 9.91. The minimum atomic E-state index is -0.227. The van der Waals surface area contributed by atoms with E-state index >= 15 is 0 Å². The number of rotatable bonds is 0. The first-order chi connectivity index (χ1) is 5.37. The van der Waals surface area contributed by atoms with Gasteiger partial charge in [0.15, 0.2) is 0 Å². The summed E-state index contributed by atoms with van der Waals surface area (Å²) in [6.45, 7) is 6.19. The lowest BCUT2D eigenvalue weighted by Gasteiger charge is -2.35. The van der Waals surface area contributed by atoms with Gasteiger partial charge in [-0.05, 0) is 26.3 Å². The van der Waals surface area contributed by atoms with Gasteiger partial charge in [-0.2, -0.15) is 25.3 Å². The van der Waals surface area contributed by atoms with Crippen LogP contribution in [0.2, 0.25) is 0 Å². The van der Waals surface area contributed by atoms with Crippen LogP contribution in [0.15, 0.2) is 22.1 Å². The van der Waals surface area contributed by atoms with Crippen molar-refractivity contribution in [3.63, 3.8) is 0 Å². The third-order valence-electron chi connectivity index (χ3n) is 2.26. The zero-order valence-corrected chi connectivity index (χ0v) is 10.2. The Morgan fingerprint density at radius 2 is 1.92 bits per heavy atom. The van der Waals surface area contributed by atoms with Crippen LogP contribution in [-0.4, -0.2) is 10.00 Å². The van der Waals surface area contributed by atoms with E-state index in [0.717, 1.165) is 4.91 Å². The summed E-state index contributed by atoms with van der Waals surface area (Å²) in [6, 6.07) is 0. The molecular formula is C9H14S3. The van der Waals surface area contributed by atoms with E-state index in [0.29, 0.717) is 0 Å². The van der Waals surface area contributed by atoms with E-state index in [2.05, 4.69) is 64.7 Å². The Kier molecular flexibility index (Phi) is 2.96. The van der Waals surface area contributed by atoms with E-state index in [1.165, 1.54) is 11.1 Å². The van der Waals surface area contributed by atoms with E-state index in [-0.39, 0.29) is 10.00 Å². The fourth-order valence-electron chi connectivity index (χ4n) is 1.46. The van der Waals surface area contributed by atoms with Gasteiger partial charge >= 0.3 is 0 Å². The number of thiol groups is 3. The number of hydrogen-bond acceptors (Lipinski definition) is 3. The third-order valence-corrected chi connectivity index (χ3v) is 4.86. The van der Waals surface area contributed by atoms with Crippen LogP contribution < -0.4 is 0 Å². The summed E-state index contributed by atoms with van der Waals surface area (Å²) >= 11 is 13.5. The molecule has 0 aromatic heterocycles. The van der Waals surface area contributed by atoms with Gasteiger partial charge in [-0.25, -0.2) is 0 Å². The Morgan fingerprint density at radius 1 is 1.42 bits per heavy atom. The zero-order valence-electron chi connectivity index (χ0n) is 7.50. The molecule has 0 fully saturated rings. The molecule has 68 valence electrons. The van der Waals surface area contributed by atoms with Gasteiger partial charge in [-0.1, -0.05) is 11.6 Å². The summed E-state index contributed by atoms with van der Waals surface area (Å²) in [5.74, 6) is 0. The van der Waals surface area contributed by atoms with Gasteiger partial charge in [0.2, 0.25) is 0 Å². The van der Waals surface area contributed by atoms with Gasteiger partial charge < -0.3 is 0 Å². The highest BCUT2D eigenvalue weighted by Gasteiger charge is 2.35. The van der Waals surface area contributed by atoms with Crippen molar-refractivity contribution in [1.29, 1.82) is 0 Å². The fourth-order valence-corrected chi connectivity index (χ4v) is 2.34. The van der Waals surface area contributed by atoms with E-state index in [1.807, 2.05) is 0 Å². The average molecular weight is 218 g/mol. The van der Waals surface area contributed by atoms with Crippen LogP contribution in [0.3, 0.4) is 0 Å². The van der Waals surface area contributed by atoms with Gasteiger partial charge in [-0.15, -0.1) is 12.6 Å². The molecule has 1 rings (SSSR count). The smallest absolute Gasteiger partial charge is 0.0562 e. The van der Waals surface area contributed by atoms with Crippen LogP contribution >= 0.6 is 37.9 Å². The Balaban J connectivity index is 3.18. The van der Waals surface area contributed by atoms with Gasteiger partial charge in [0.05, 0.1) is 4.75 Å². The maximum atomic E-state index is 4.57. The summed E-state index contributed by atoms with van der Waals surface area (Å²) < 4.78 is -0.227. The molecule has 1 aliphatic rings. The van der Waals surface area contributed by atoms with E-state index in [4.69, 9.17) is 0 Å². The minimum absolute atomic E-state index is 0.164. The molecule has 0 amide bonds. The highest BCUT2D eigenvalue weighted by Crippen LogP contribution is 2.42. The molecular weight excluding hydrogens is 204 g/mol. The quantitative estimate of drug-likeness (QED) is 0.511. The maximum absolute atomic E-state index is 4.57. The van der Waals surface area contributed by atoms with Crippen molar-refractivity contribution < 1.29 is 0 Å². The third kappa shape index (κ3) is 1.59. The molecule has 12 heavy (non-hydrogen) atoms. The number of allylic oxidation sites excluding steroid dienone is 2. The predicted octanol–water partition coefficient (Wildman–Crippen LogP) is 3.14. The SMILES string of the molecule is CC1=CC(C)=C(S)C(C)(S)C1S. The Labute approximate surface area is 90.7 Å². The van der Waals surface area contributed by atoms with Gasteiger partial charge in [0.25, 0.3) is 0 Å². The van der Waals surface area contributed by atoms with Crippen molar-refractivity contribution in [2.75, 3.05) is 0 Å². The maximum Gasteiger partial charge on any atom is 0.0562 e. The Morgan fingerprint density at radius 3 is 2.42 bits per heavy atom. The van der Waals surface area contributed by atoms with E-state index < -0.39 is 0 Å². The van der Waals surface area contributed by atoms with Crippen LogP contribution in [0.5, 0.6) is 0 Å². The van der Waals surface area contributed by atoms with Crippen molar-refractivity contribution in [2.24, 2.45) is 0 Å². The van der Waals surface area contributed by atoms with Crippen LogP contribution in [0.1, 0.15) is 20.8 Å². The summed E-state index contributed by atoms with van der Waals surface area (Å²) in [6.07, 6.45) is 2.12. The molecule has 0 radical (unpaired) electrons. The second-order valence-electron chi connectivity index (χ2n) is 3.47. The van der Waals surface area contributed by atoms with Crippen LogP contribution in [0.25, 0.3) is 0 Å². The molecule has 3 heteroatoms. The molecule has 2 unspecified atom stereocenters. The van der Waals surface area contributed by atoms with Gasteiger partial charge in [0, 0.05) is 10.2 Å². The molecule has 0 saturated carbocycles. The summed E-state index contributed by atoms with van der Waals surface area (Å²) in [5.41, 5.74) is 2.45. The lowest BCUT2D eigenvalue weighted by Crippen LogP contribution is -2.34. The second-order valence-corrected chi connectivity index (χ2v) is 5.36. The second kappa shape index (κ2) is 3.35. The molecule has 0 aliphatic heterocycles. The van der Waals surface area contributed by atoms with Crippen LogP contribution in [-0.2, 0) is 0 Å². The molecule has 0 saturated heterocycles. The zero-order chi connectivity index (χ0) is 9.52. The average Bonchev–Trinajstić information content (AvgIpc) is 1.99. The van der Waals surface area contributed by atoms with Crippen molar-refractivity contribution in [3.8, 4) is 0 Å². The van der Waals surface area contributed by atoms with Crippen molar-refractivity contribution in [1.82, 2.24) is 0 Å². The Hall–Kier alpha value is 0.530. The molecule has 2 atom stereocenters. The van der Waals surface area contributed by atoms with Crippen molar-refractivity contribution in [3.05, 3.63) is 22.1 Å². The first-order valence-electron chi connectivity index (χ1n) is 3.86. The van der Waals surface area contributed by atoms with Crippen molar-refractivity contribution >= 4 is 37.9 Å². The first kappa shape index (κ1) is 10.6. The molecule has 0 heterocycles. The van der Waals surface area contributed by atoms with Gasteiger partial charge in [-0.3, -0.25) is 0 Å². The Bertz CT molecular complexity index is 261. The highest BCUT2D eigenvalue weighted by molar-refractivity contribution is 7.90. The monoisotopic (exact) mass is 218 g/mol. The molecule has 0 aromatic carbocycles. The molecule has 0 bridgehead atoms. The molecule has 1 aliphatic carbocycles. The largest absolute Gasteiger partial charge is 0.170 e. The first-order valence-corrected chi connectivity index (χ1v) is 5.27. The molecule has 0 nitrogen and oxygen atoms in total. The van der Waals surface area contributed by atoms with E-state index in [9.17, 15) is 0 Å². The highest BCUT2D eigenvalue weighted by atomic mass is 32.1. The predicted molar refractivity (Wildman–Crippen MR) is 65.6 cm³/mol. The topological polar surface area (TPSA) is 0 Å². The van der Waals surface area contributed by atoms with E-state index in [1.54, 1.807) is 0 Å². The summed E-state index contributed by atoms with van der Waals surface area (Å²) in [5, 5.41) is 0.164. The lowest BCUT2D eigenvalue weighted by molar-refractivity contribution is 0.772. The van der Waals surface area contributed by atoms with Gasteiger partial charge in [0.1, 0.15) is 0 Å². The fraction of sp³-hybridized carbons (Fsp3) is 0.556. The van der Waals surface area contributed by atoms with Crippen molar-refractivity contribution in [2.45, 2.75) is 30.8 Å².